The van der Waals surface area contributed by atoms with E-state index in [1.807, 2.05) is 0 Å². The first-order valence-electron chi connectivity index (χ1n) is 11.3. The number of rotatable bonds is 16. The van der Waals surface area contributed by atoms with Gasteiger partial charge >= 0.3 is 5.97 Å². The van der Waals surface area contributed by atoms with Crippen LogP contribution in [0.3, 0.4) is 0 Å². The monoisotopic (exact) mass is 392 g/mol. The summed E-state index contributed by atoms with van der Waals surface area (Å²) >= 11 is 0. The Morgan fingerprint density at radius 3 is 1.89 bits per heavy atom. The number of ketones is 1. The molecule has 0 spiro atoms. The molecule has 0 saturated heterocycles. The van der Waals surface area contributed by atoms with Crippen molar-refractivity contribution in [3.05, 3.63) is 23.5 Å². The maximum atomic E-state index is 12.2. The van der Waals surface area contributed by atoms with Crippen molar-refractivity contribution in [2.24, 2.45) is 0 Å². The van der Waals surface area contributed by atoms with Gasteiger partial charge in [-0.3, -0.25) is 4.79 Å². The van der Waals surface area contributed by atoms with Crippen molar-refractivity contribution in [3.8, 4) is 0 Å². The smallest absolute Gasteiger partial charge is 0.346 e. The number of aliphatic hydroxyl groups excluding tert-OH is 1. The molecule has 0 unspecified atom stereocenters. The van der Waals surface area contributed by atoms with E-state index < -0.39 is 11.6 Å². The van der Waals surface area contributed by atoms with Gasteiger partial charge in [0, 0.05) is 6.42 Å². The van der Waals surface area contributed by atoms with Crippen molar-refractivity contribution in [2.75, 3.05) is 0 Å². The maximum Gasteiger partial charge on any atom is 0.346 e. The van der Waals surface area contributed by atoms with E-state index in [-0.39, 0.29) is 17.1 Å². The molecular formula is C24H40O4. The Morgan fingerprint density at radius 2 is 1.39 bits per heavy atom. The minimum Gasteiger partial charge on any atom is -0.507 e. The molecule has 4 nitrogen and oxygen atoms in total. The van der Waals surface area contributed by atoms with Crippen LogP contribution in [0.5, 0.6) is 0 Å². The zero-order valence-corrected chi connectivity index (χ0v) is 18.2. The predicted molar refractivity (Wildman–Crippen MR) is 114 cm³/mol. The quantitative estimate of drug-likeness (QED) is 0.137. The summed E-state index contributed by atoms with van der Waals surface area (Å²) in [6, 6.07) is 0. The van der Waals surface area contributed by atoms with E-state index in [1.165, 1.54) is 57.8 Å². The lowest BCUT2D eigenvalue weighted by atomic mass is 9.99. The number of unbranched alkanes of at least 4 members (excludes halogenated alkanes) is 11. The van der Waals surface area contributed by atoms with Gasteiger partial charge in [0.15, 0.2) is 17.1 Å². The Kier molecular flexibility index (Phi) is 11.9. The molecule has 0 saturated carbocycles. The van der Waals surface area contributed by atoms with Crippen LogP contribution in [0.25, 0.3) is 0 Å². The van der Waals surface area contributed by atoms with E-state index in [4.69, 9.17) is 4.74 Å². The van der Waals surface area contributed by atoms with Crippen LogP contribution < -0.4 is 0 Å². The fourth-order valence-corrected chi connectivity index (χ4v) is 3.46. The summed E-state index contributed by atoms with van der Waals surface area (Å²) in [7, 11) is 0. The molecule has 28 heavy (non-hydrogen) atoms. The fraction of sp³-hybridized carbons (Fsp3) is 0.750. The molecule has 0 radical (unpaired) electrons. The molecule has 1 aliphatic rings. The normalized spacial score (nSPS) is 16.2. The zero-order chi connectivity index (χ0) is 20.8. The van der Waals surface area contributed by atoms with Crippen LogP contribution in [0.4, 0.5) is 0 Å². The second kappa shape index (κ2) is 13.6. The van der Waals surface area contributed by atoms with Crippen LogP contribution >= 0.6 is 0 Å². The van der Waals surface area contributed by atoms with E-state index in [0.717, 1.165) is 25.7 Å². The molecule has 1 heterocycles. The average Bonchev–Trinajstić information content (AvgIpc) is 2.85. The van der Waals surface area contributed by atoms with Gasteiger partial charge in [-0.2, -0.15) is 0 Å². The van der Waals surface area contributed by atoms with Gasteiger partial charge in [0.1, 0.15) is 5.57 Å². The summed E-state index contributed by atoms with van der Waals surface area (Å²) in [6.45, 7) is 5.42. The number of carbonyl (C=O) groups excluding carboxylic acids is 2. The van der Waals surface area contributed by atoms with Crippen molar-refractivity contribution in [2.45, 2.75) is 116 Å². The number of Topliss-reactive ketones (excluding diaryl/α,β-unsaturated/α-hetero) is 1. The summed E-state index contributed by atoms with van der Waals surface area (Å²) in [6.07, 6.45) is 20.5. The third kappa shape index (κ3) is 9.07. The summed E-state index contributed by atoms with van der Waals surface area (Å²) in [5.74, 6) is -1.22. The van der Waals surface area contributed by atoms with Crippen molar-refractivity contribution in [1.29, 1.82) is 0 Å². The molecular weight excluding hydrogens is 352 g/mol. The fourth-order valence-electron chi connectivity index (χ4n) is 3.46. The van der Waals surface area contributed by atoms with E-state index in [0.29, 0.717) is 6.42 Å². The lowest BCUT2D eigenvalue weighted by Gasteiger charge is -2.15. The molecule has 160 valence electrons. The number of hydrogen-bond donors (Lipinski definition) is 1. The Morgan fingerprint density at radius 1 is 0.893 bits per heavy atom. The SMILES string of the molecule is CCCCCCCCC=CCCCCCCCC(=O)C1=C(O)C(C)(C)OC1=O. The Balaban J connectivity index is 1.99. The Bertz CT molecular complexity index is 543. The molecule has 0 amide bonds. The lowest BCUT2D eigenvalue weighted by molar-refractivity contribution is -0.146. The van der Waals surface area contributed by atoms with Gasteiger partial charge in [0.25, 0.3) is 0 Å². The number of aliphatic hydroxyl groups is 1. The minimum absolute atomic E-state index is 0.152. The number of allylic oxidation sites excluding steroid dienone is 2. The lowest BCUT2D eigenvalue weighted by Crippen LogP contribution is -2.22. The number of esters is 1. The Hall–Kier alpha value is -1.58. The largest absolute Gasteiger partial charge is 0.507 e. The number of cyclic esters (lactones) is 1. The van der Waals surface area contributed by atoms with Gasteiger partial charge in [-0.15, -0.1) is 0 Å². The van der Waals surface area contributed by atoms with Gasteiger partial charge in [-0.05, 0) is 46.0 Å². The summed E-state index contributed by atoms with van der Waals surface area (Å²) < 4.78 is 5.03. The molecule has 1 N–H and O–H groups in total. The topological polar surface area (TPSA) is 63.6 Å². The first-order chi connectivity index (χ1) is 13.4. The maximum absolute atomic E-state index is 12.2. The van der Waals surface area contributed by atoms with E-state index >= 15 is 0 Å². The van der Waals surface area contributed by atoms with Crippen molar-refractivity contribution >= 4 is 11.8 Å². The second-order valence-electron chi connectivity index (χ2n) is 8.38. The number of carbonyl (C=O) groups is 2. The molecule has 1 rings (SSSR count). The molecule has 0 aliphatic carbocycles. The third-order valence-corrected chi connectivity index (χ3v) is 5.30. The number of ether oxygens (including phenoxy) is 1. The zero-order valence-electron chi connectivity index (χ0n) is 18.2. The highest BCUT2D eigenvalue weighted by atomic mass is 16.6. The summed E-state index contributed by atoms with van der Waals surface area (Å²) in [4.78, 5) is 23.9. The first-order valence-corrected chi connectivity index (χ1v) is 11.3. The van der Waals surface area contributed by atoms with Crippen LogP contribution in [-0.4, -0.2) is 22.5 Å². The third-order valence-electron chi connectivity index (χ3n) is 5.30. The molecule has 0 aromatic rings. The molecule has 0 aromatic carbocycles. The van der Waals surface area contributed by atoms with Gasteiger partial charge in [0.2, 0.25) is 0 Å². The van der Waals surface area contributed by atoms with Gasteiger partial charge < -0.3 is 9.84 Å². The first kappa shape index (κ1) is 24.5. The summed E-state index contributed by atoms with van der Waals surface area (Å²) in [5, 5.41) is 9.99. The van der Waals surface area contributed by atoms with Gasteiger partial charge in [-0.25, -0.2) is 4.79 Å². The van der Waals surface area contributed by atoms with Crippen LogP contribution in [0, 0.1) is 0 Å². The highest BCUT2D eigenvalue weighted by molar-refractivity contribution is 6.19. The van der Waals surface area contributed by atoms with E-state index in [2.05, 4.69) is 19.1 Å². The minimum atomic E-state index is -1.08. The van der Waals surface area contributed by atoms with Gasteiger partial charge in [-0.1, -0.05) is 70.4 Å². The second-order valence-corrected chi connectivity index (χ2v) is 8.38. The Labute approximate surface area is 171 Å². The van der Waals surface area contributed by atoms with Crippen molar-refractivity contribution in [1.82, 2.24) is 0 Å². The van der Waals surface area contributed by atoms with Crippen LogP contribution in [0.2, 0.25) is 0 Å². The molecule has 0 aromatic heterocycles. The summed E-state index contributed by atoms with van der Waals surface area (Å²) in [5.41, 5.74) is -1.23. The van der Waals surface area contributed by atoms with E-state index in [1.54, 1.807) is 13.8 Å². The average molecular weight is 393 g/mol. The van der Waals surface area contributed by atoms with Crippen LogP contribution in [0.1, 0.15) is 111 Å². The van der Waals surface area contributed by atoms with E-state index in [9.17, 15) is 14.7 Å². The number of hydrogen-bond acceptors (Lipinski definition) is 4. The van der Waals surface area contributed by atoms with Gasteiger partial charge in [0.05, 0.1) is 0 Å². The predicted octanol–water partition coefficient (Wildman–Crippen LogP) is 6.74. The van der Waals surface area contributed by atoms with Crippen molar-refractivity contribution in [3.63, 3.8) is 0 Å². The molecule has 4 heteroatoms. The molecule has 0 atom stereocenters. The van der Waals surface area contributed by atoms with Crippen LogP contribution in [-0.2, 0) is 14.3 Å². The highest BCUT2D eigenvalue weighted by Crippen LogP contribution is 2.31. The molecule has 0 fully saturated rings. The molecule has 0 bridgehead atoms. The van der Waals surface area contributed by atoms with Crippen LogP contribution in [0.15, 0.2) is 23.5 Å². The standard InChI is InChI=1S/C24H40O4/c1-4-5-6-7-8-9-10-11-12-13-14-15-16-17-18-19-20(25)21-22(26)24(2,3)28-23(21)27/h11-12,26H,4-10,13-19H2,1-3H3. The highest BCUT2D eigenvalue weighted by Gasteiger charge is 2.43. The molecule has 1 aliphatic heterocycles. The van der Waals surface area contributed by atoms with Crippen molar-refractivity contribution < 1.29 is 19.4 Å².